The maximum atomic E-state index is 13.8. The number of benzene rings is 3. The molecule has 7 rings (SSSR count). The number of hydrogen-bond acceptors (Lipinski definition) is 13. The number of nitrogens with zero attached hydrogens (tertiary/aromatic N) is 4. The highest BCUT2D eigenvalue weighted by molar-refractivity contribution is 5.87. The molecule has 4 heterocycles. The number of hydroxylamine groups is 2. The molecule has 370 valence electrons. The molecule has 4 atom stereocenters. The van der Waals surface area contributed by atoms with Crippen LogP contribution in [0.4, 0.5) is 9.59 Å². The lowest BCUT2D eigenvalue weighted by atomic mass is 9.97. The molecule has 2 aliphatic heterocycles. The van der Waals surface area contributed by atoms with E-state index in [1.165, 1.54) is 14.2 Å². The molecule has 0 spiro atoms. The fourth-order valence-electron chi connectivity index (χ4n) is 8.61. The van der Waals surface area contributed by atoms with Gasteiger partial charge in [0.25, 0.3) is 0 Å². The van der Waals surface area contributed by atoms with E-state index in [1.807, 2.05) is 61.9 Å². The fourth-order valence-corrected chi connectivity index (χ4v) is 8.61. The lowest BCUT2D eigenvalue weighted by Gasteiger charge is -2.32. The van der Waals surface area contributed by atoms with Crippen LogP contribution < -0.4 is 20.1 Å². The van der Waals surface area contributed by atoms with E-state index in [0.29, 0.717) is 55.9 Å². The zero-order valence-electron chi connectivity index (χ0n) is 40.8. The SMILES string of the molecule is COCCOc1c(-c2ccc(-c3ccc4nc([C@@H]5CCCN5C(=O)[C@@H](NC(=O)OC)C(C)C)[nH]c4c3)cc2)ccc(-c2cnc([C@@H]3CC=CCN3OC[C@@H](NC(=O)OC)C(C)C)[nH]2)c1OCCOC. The number of carbonyl (C=O) groups excluding carboxylic acids is 3. The summed E-state index contributed by atoms with van der Waals surface area (Å²) in [5.41, 5.74) is 6.88. The smallest absolute Gasteiger partial charge is 0.407 e. The average Bonchev–Trinajstić information content (AvgIpc) is 4.15. The zero-order valence-corrected chi connectivity index (χ0v) is 40.8. The van der Waals surface area contributed by atoms with E-state index in [1.54, 1.807) is 20.4 Å². The van der Waals surface area contributed by atoms with Gasteiger partial charge in [-0.05, 0) is 72.1 Å². The Morgan fingerprint density at radius 1 is 0.739 bits per heavy atom. The maximum absolute atomic E-state index is 13.8. The standard InChI is InChI=1S/C51H66N8O10/c1-31(2)41(56-50(61)65-7)30-69-59-23-10-9-12-43(59)47-52-29-40(55-47)37-20-19-36(45(67-26-24-63-5)46(37)68-27-25-64-6)34-16-14-33(15-17-34)35-18-21-38-39(28-35)54-48(53-38)42-13-11-22-58(42)49(60)44(32(3)4)57-51(62)66-8/h9-10,14-21,28-29,31-32,41-44H,11-13,22-27,30H2,1-8H3,(H,52,55)(H,53,54)(H,56,61)(H,57,62)/t41-,42+,43+,44+/m1/s1. The van der Waals surface area contributed by atoms with Crippen molar-refractivity contribution in [2.24, 2.45) is 11.8 Å². The Morgan fingerprint density at radius 2 is 1.41 bits per heavy atom. The van der Waals surface area contributed by atoms with Crippen molar-refractivity contribution in [2.75, 3.05) is 74.6 Å². The van der Waals surface area contributed by atoms with Crippen LogP contribution in [0.15, 0.2) is 72.9 Å². The Hall–Kier alpha value is -6.47. The summed E-state index contributed by atoms with van der Waals surface area (Å²) < 4.78 is 33.5. The number of nitrogens with one attached hydrogen (secondary N) is 4. The van der Waals surface area contributed by atoms with E-state index in [4.69, 9.17) is 43.2 Å². The first-order chi connectivity index (χ1) is 33.4. The summed E-state index contributed by atoms with van der Waals surface area (Å²) in [5.74, 6) is 2.35. The van der Waals surface area contributed by atoms with Gasteiger partial charge in [-0.2, -0.15) is 5.06 Å². The van der Waals surface area contributed by atoms with Gasteiger partial charge in [0.05, 0.1) is 75.1 Å². The number of fused-ring (bicyclic) bond motifs is 1. The van der Waals surface area contributed by atoms with E-state index in [9.17, 15) is 14.4 Å². The minimum Gasteiger partial charge on any atom is -0.487 e. The number of H-pyrrole nitrogens is 2. The molecule has 2 aromatic heterocycles. The highest BCUT2D eigenvalue weighted by Crippen LogP contribution is 2.46. The largest absolute Gasteiger partial charge is 0.487 e. The molecule has 0 bridgehead atoms. The molecule has 0 saturated carbocycles. The van der Waals surface area contributed by atoms with Gasteiger partial charge in [-0.25, -0.2) is 19.6 Å². The van der Waals surface area contributed by atoms with Crippen LogP contribution >= 0.6 is 0 Å². The molecule has 18 nitrogen and oxygen atoms in total. The van der Waals surface area contributed by atoms with Crippen molar-refractivity contribution in [3.05, 3.63) is 84.6 Å². The van der Waals surface area contributed by atoms with Crippen LogP contribution in [0.3, 0.4) is 0 Å². The van der Waals surface area contributed by atoms with Crippen molar-refractivity contribution in [1.82, 2.24) is 40.5 Å². The normalized spacial score (nSPS) is 17.0. The van der Waals surface area contributed by atoms with E-state index in [0.717, 1.165) is 57.4 Å². The number of methoxy groups -OCH3 is 4. The number of imidazole rings is 2. The molecule has 5 aromatic rings. The minimum atomic E-state index is -0.714. The summed E-state index contributed by atoms with van der Waals surface area (Å²) in [6, 6.07) is 17.0. The van der Waals surface area contributed by atoms with Gasteiger partial charge in [0.2, 0.25) is 5.91 Å². The number of alkyl carbamates (subject to hydrolysis) is 2. The van der Waals surface area contributed by atoms with E-state index >= 15 is 0 Å². The summed E-state index contributed by atoms with van der Waals surface area (Å²) >= 11 is 0. The molecule has 0 radical (unpaired) electrons. The quantitative estimate of drug-likeness (QED) is 0.0407. The lowest BCUT2D eigenvalue weighted by molar-refractivity contribution is -0.191. The number of rotatable bonds is 21. The molecule has 69 heavy (non-hydrogen) atoms. The third-order valence-corrected chi connectivity index (χ3v) is 12.5. The van der Waals surface area contributed by atoms with Gasteiger partial charge in [0, 0.05) is 38.4 Å². The van der Waals surface area contributed by atoms with Crippen molar-refractivity contribution in [2.45, 2.75) is 71.1 Å². The number of ether oxygens (including phenoxy) is 6. The topological polar surface area (TPSA) is 204 Å². The number of likely N-dealkylation sites (tertiary alicyclic amines) is 1. The van der Waals surface area contributed by atoms with E-state index in [2.05, 4.69) is 63.1 Å². The number of aromatic amines is 2. The summed E-state index contributed by atoms with van der Waals surface area (Å²) in [7, 11) is 5.90. The van der Waals surface area contributed by atoms with Crippen LogP contribution in [0.25, 0.3) is 44.5 Å². The molecule has 0 aliphatic carbocycles. The first kappa shape index (κ1) is 50.4. The van der Waals surface area contributed by atoms with Gasteiger partial charge in [-0.3, -0.25) is 9.63 Å². The van der Waals surface area contributed by atoms with Crippen LogP contribution in [0.1, 0.15) is 70.7 Å². The lowest BCUT2D eigenvalue weighted by Crippen LogP contribution is -2.51. The average molecular weight is 951 g/mol. The summed E-state index contributed by atoms with van der Waals surface area (Å²) in [6.07, 6.45) is 7.07. The summed E-state index contributed by atoms with van der Waals surface area (Å²) in [6.45, 7) is 10.5. The predicted molar refractivity (Wildman–Crippen MR) is 260 cm³/mol. The molecular formula is C51H66N8O10. The second-order valence-electron chi connectivity index (χ2n) is 17.8. The van der Waals surface area contributed by atoms with Crippen LogP contribution in [-0.4, -0.2) is 135 Å². The Balaban J connectivity index is 1.14. The van der Waals surface area contributed by atoms with Crippen molar-refractivity contribution in [1.29, 1.82) is 0 Å². The van der Waals surface area contributed by atoms with Gasteiger partial charge in [0.15, 0.2) is 11.5 Å². The van der Waals surface area contributed by atoms with Crippen molar-refractivity contribution >= 4 is 29.1 Å². The highest BCUT2D eigenvalue weighted by Gasteiger charge is 2.38. The van der Waals surface area contributed by atoms with Gasteiger partial charge >= 0.3 is 12.2 Å². The Morgan fingerprint density at radius 3 is 2.09 bits per heavy atom. The van der Waals surface area contributed by atoms with Gasteiger partial charge in [-0.1, -0.05) is 70.2 Å². The molecule has 18 heteroatoms. The number of hydrogen-bond donors (Lipinski definition) is 4. The first-order valence-corrected chi connectivity index (χ1v) is 23.5. The van der Waals surface area contributed by atoms with E-state index in [-0.39, 0.29) is 55.7 Å². The minimum absolute atomic E-state index is 0.113. The number of carbonyl (C=O) groups is 3. The molecule has 4 N–H and O–H groups in total. The molecule has 0 unspecified atom stereocenters. The van der Waals surface area contributed by atoms with Crippen molar-refractivity contribution in [3.63, 3.8) is 0 Å². The summed E-state index contributed by atoms with van der Waals surface area (Å²) in [4.78, 5) is 62.9. The zero-order chi connectivity index (χ0) is 49.0. The molecule has 2 aliphatic rings. The van der Waals surface area contributed by atoms with Crippen LogP contribution in [0.2, 0.25) is 0 Å². The number of amides is 3. The second kappa shape index (κ2) is 23.7. The second-order valence-corrected chi connectivity index (χ2v) is 17.8. The molecule has 1 fully saturated rings. The molecule has 3 amide bonds. The van der Waals surface area contributed by atoms with Gasteiger partial charge < -0.3 is 53.9 Å². The first-order valence-electron chi connectivity index (χ1n) is 23.5. The molecule has 1 saturated heterocycles. The Kier molecular flexibility index (Phi) is 17.3. The summed E-state index contributed by atoms with van der Waals surface area (Å²) in [5, 5.41) is 7.47. The van der Waals surface area contributed by atoms with Gasteiger partial charge in [-0.15, -0.1) is 0 Å². The van der Waals surface area contributed by atoms with Crippen molar-refractivity contribution < 1.29 is 47.6 Å². The monoisotopic (exact) mass is 950 g/mol. The van der Waals surface area contributed by atoms with Crippen molar-refractivity contribution in [3.8, 4) is 45.0 Å². The van der Waals surface area contributed by atoms with Crippen LogP contribution in [0, 0.1) is 11.8 Å². The predicted octanol–water partition coefficient (Wildman–Crippen LogP) is 8.00. The fraction of sp³-hybridized carbons (Fsp3) is 0.471. The van der Waals surface area contributed by atoms with E-state index < -0.39 is 18.2 Å². The van der Waals surface area contributed by atoms with Crippen LogP contribution in [0.5, 0.6) is 11.5 Å². The van der Waals surface area contributed by atoms with Crippen LogP contribution in [-0.2, 0) is 28.6 Å². The Labute approximate surface area is 403 Å². The third-order valence-electron chi connectivity index (χ3n) is 12.5. The molecule has 3 aromatic carbocycles. The Bertz CT molecular complexity index is 2540. The maximum Gasteiger partial charge on any atom is 0.407 e. The molecular weight excluding hydrogens is 885 g/mol. The number of aromatic nitrogens is 4. The highest BCUT2D eigenvalue weighted by atomic mass is 16.7. The van der Waals surface area contributed by atoms with Gasteiger partial charge in [0.1, 0.15) is 30.9 Å². The third kappa shape index (κ3) is 12.0.